The maximum Gasteiger partial charge on any atom is 0.306 e. The fourth-order valence-corrected chi connectivity index (χ4v) is 2.34. The van der Waals surface area contributed by atoms with Crippen molar-refractivity contribution >= 4 is 11.9 Å². The second-order valence-electron chi connectivity index (χ2n) is 5.19. The van der Waals surface area contributed by atoms with Crippen LogP contribution in [-0.2, 0) is 9.59 Å². The zero-order chi connectivity index (χ0) is 13.8. The first-order valence-corrected chi connectivity index (χ1v) is 6.64. The summed E-state index contributed by atoms with van der Waals surface area (Å²) in [6, 6.07) is 0. The van der Waals surface area contributed by atoms with E-state index in [1.165, 1.54) is 0 Å². The molecule has 0 heterocycles. The van der Waals surface area contributed by atoms with Crippen molar-refractivity contribution in [3.63, 3.8) is 0 Å². The molecule has 1 amide bonds. The minimum Gasteiger partial charge on any atom is -0.481 e. The molecule has 2 atom stereocenters. The zero-order valence-electron chi connectivity index (χ0n) is 11.1. The molecule has 0 aliphatic heterocycles. The predicted octanol–water partition coefficient (Wildman–Crippen LogP) is 1.15. The minimum atomic E-state index is -0.847. The van der Waals surface area contributed by atoms with E-state index in [0.717, 1.165) is 0 Å². The first kappa shape index (κ1) is 15.0. The van der Waals surface area contributed by atoms with Crippen molar-refractivity contribution in [2.75, 3.05) is 6.54 Å². The summed E-state index contributed by atoms with van der Waals surface area (Å²) >= 11 is 0. The molecule has 5 nitrogen and oxygen atoms in total. The molecule has 3 N–H and O–H groups in total. The number of carbonyl (C=O) groups is 2. The monoisotopic (exact) mass is 257 g/mol. The van der Waals surface area contributed by atoms with Crippen LogP contribution in [0.25, 0.3) is 0 Å². The predicted molar refractivity (Wildman–Crippen MR) is 67.0 cm³/mol. The number of amides is 1. The van der Waals surface area contributed by atoms with Crippen LogP contribution in [0.4, 0.5) is 0 Å². The van der Waals surface area contributed by atoms with E-state index < -0.39 is 17.5 Å². The molecule has 18 heavy (non-hydrogen) atoms. The molecule has 0 aromatic heterocycles. The Morgan fingerprint density at radius 2 is 1.78 bits per heavy atom. The Morgan fingerprint density at radius 1 is 1.22 bits per heavy atom. The Hall–Kier alpha value is -1.10. The quantitative estimate of drug-likeness (QED) is 0.666. The molecule has 1 fully saturated rings. The van der Waals surface area contributed by atoms with Gasteiger partial charge in [0.25, 0.3) is 0 Å². The van der Waals surface area contributed by atoms with E-state index in [1.54, 1.807) is 0 Å². The number of nitrogens with one attached hydrogen (secondary N) is 1. The van der Waals surface area contributed by atoms with E-state index in [-0.39, 0.29) is 18.4 Å². The smallest absolute Gasteiger partial charge is 0.306 e. The third kappa shape index (κ3) is 3.70. The van der Waals surface area contributed by atoms with E-state index in [1.807, 2.05) is 13.8 Å². The van der Waals surface area contributed by atoms with Gasteiger partial charge in [-0.3, -0.25) is 9.59 Å². The molecule has 0 saturated heterocycles. The third-order valence-corrected chi connectivity index (χ3v) is 4.06. The highest BCUT2D eigenvalue weighted by Gasteiger charge is 2.34. The molecule has 2 unspecified atom stereocenters. The Kier molecular flexibility index (Phi) is 5.14. The highest BCUT2D eigenvalue weighted by molar-refractivity contribution is 5.80. The van der Waals surface area contributed by atoms with Gasteiger partial charge in [-0.2, -0.15) is 0 Å². The molecule has 5 heteroatoms. The summed E-state index contributed by atoms with van der Waals surface area (Å²) in [6.07, 6.45) is 2.79. The first-order valence-electron chi connectivity index (χ1n) is 6.64. The molecule has 1 saturated carbocycles. The normalized spacial score (nSPS) is 23.9. The van der Waals surface area contributed by atoms with Gasteiger partial charge in [-0.1, -0.05) is 13.8 Å². The Morgan fingerprint density at radius 3 is 2.22 bits per heavy atom. The molecule has 0 radical (unpaired) electrons. The molecule has 0 bridgehead atoms. The van der Waals surface area contributed by atoms with Gasteiger partial charge in [0.05, 0.1) is 11.5 Å². The van der Waals surface area contributed by atoms with Crippen molar-refractivity contribution in [1.82, 2.24) is 5.32 Å². The van der Waals surface area contributed by atoms with Crippen LogP contribution in [0.5, 0.6) is 0 Å². The summed E-state index contributed by atoms with van der Waals surface area (Å²) in [6.45, 7) is 4.00. The average molecular weight is 257 g/mol. The average Bonchev–Trinajstić information content (AvgIpc) is 2.85. The summed E-state index contributed by atoms with van der Waals surface area (Å²) in [7, 11) is 0. The second-order valence-corrected chi connectivity index (χ2v) is 5.19. The van der Waals surface area contributed by atoms with Gasteiger partial charge in [0.1, 0.15) is 0 Å². The maximum absolute atomic E-state index is 11.9. The second kappa shape index (κ2) is 6.18. The molecular weight excluding hydrogens is 234 g/mol. The van der Waals surface area contributed by atoms with Crippen molar-refractivity contribution in [3.05, 3.63) is 0 Å². The summed E-state index contributed by atoms with van der Waals surface area (Å²) in [5.74, 6) is -1.55. The van der Waals surface area contributed by atoms with E-state index in [9.17, 15) is 14.7 Å². The van der Waals surface area contributed by atoms with E-state index in [0.29, 0.717) is 32.1 Å². The highest BCUT2D eigenvalue weighted by atomic mass is 16.4. The molecule has 0 spiro atoms. The molecule has 1 aliphatic rings. The SMILES string of the molecule is CCC(O)(CC)CNC(=O)C1CCC(C(=O)O)C1. The van der Waals surface area contributed by atoms with Gasteiger partial charge < -0.3 is 15.5 Å². The Balaban J connectivity index is 2.41. The van der Waals surface area contributed by atoms with Gasteiger partial charge in [-0.05, 0) is 32.1 Å². The molecule has 104 valence electrons. The number of carboxylic acid groups (broad SMARTS) is 1. The number of aliphatic hydroxyl groups is 1. The van der Waals surface area contributed by atoms with Crippen LogP contribution < -0.4 is 5.32 Å². The number of rotatable bonds is 6. The summed E-state index contributed by atoms with van der Waals surface area (Å²) in [4.78, 5) is 22.7. The molecule has 1 aliphatic carbocycles. The standard InChI is InChI=1S/C13H23NO4/c1-3-13(18,4-2)8-14-11(15)9-5-6-10(7-9)12(16)17/h9-10,18H,3-8H2,1-2H3,(H,14,15)(H,16,17). The molecule has 1 rings (SSSR count). The fraction of sp³-hybridized carbons (Fsp3) is 0.846. The lowest BCUT2D eigenvalue weighted by molar-refractivity contribution is -0.141. The summed E-state index contributed by atoms with van der Waals surface area (Å²) in [5, 5.41) is 21.7. The van der Waals surface area contributed by atoms with Crippen molar-refractivity contribution in [3.8, 4) is 0 Å². The van der Waals surface area contributed by atoms with Crippen LogP contribution in [0.2, 0.25) is 0 Å². The van der Waals surface area contributed by atoms with E-state index in [4.69, 9.17) is 5.11 Å². The van der Waals surface area contributed by atoms with Crippen LogP contribution in [0.15, 0.2) is 0 Å². The Labute approximate surface area is 108 Å². The van der Waals surface area contributed by atoms with Crippen molar-refractivity contribution in [2.24, 2.45) is 11.8 Å². The minimum absolute atomic E-state index is 0.126. The van der Waals surface area contributed by atoms with Gasteiger partial charge in [-0.25, -0.2) is 0 Å². The molecular formula is C13H23NO4. The highest BCUT2D eigenvalue weighted by Crippen LogP contribution is 2.31. The van der Waals surface area contributed by atoms with Crippen LogP contribution in [0, 0.1) is 11.8 Å². The number of aliphatic carboxylic acids is 1. The van der Waals surface area contributed by atoms with Gasteiger partial charge in [-0.15, -0.1) is 0 Å². The third-order valence-electron chi connectivity index (χ3n) is 4.06. The summed E-state index contributed by atoms with van der Waals surface area (Å²) < 4.78 is 0. The van der Waals surface area contributed by atoms with Gasteiger partial charge in [0.2, 0.25) is 5.91 Å². The van der Waals surface area contributed by atoms with Crippen LogP contribution in [-0.4, -0.2) is 34.2 Å². The van der Waals surface area contributed by atoms with Crippen molar-refractivity contribution < 1.29 is 19.8 Å². The topological polar surface area (TPSA) is 86.6 Å². The number of hydrogen-bond acceptors (Lipinski definition) is 3. The number of carboxylic acids is 1. The molecule has 0 aromatic carbocycles. The Bertz CT molecular complexity index is 312. The molecule has 0 aromatic rings. The lowest BCUT2D eigenvalue weighted by Crippen LogP contribution is -2.43. The van der Waals surface area contributed by atoms with Gasteiger partial charge in [0, 0.05) is 12.5 Å². The van der Waals surface area contributed by atoms with E-state index in [2.05, 4.69) is 5.32 Å². The van der Waals surface area contributed by atoms with Gasteiger partial charge in [0.15, 0.2) is 0 Å². The fourth-order valence-electron chi connectivity index (χ4n) is 2.34. The lowest BCUT2D eigenvalue weighted by atomic mass is 9.97. The number of carbonyl (C=O) groups excluding carboxylic acids is 1. The van der Waals surface area contributed by atoms with Crippen LogP contribution >= 0.6 is 0 Å². The summed E-state index contributed by atoms with van der Waals surface area (Å²) in [5.41, 5.74) is -0.847. The van der Waals surface area contributed by atoms with Crippen LogP contribution in [0.1, 0.15) is 46.0 Å². The van der Waals surface area contributed by atoms with Crippen molar-refractivity contribution in [2.45, 2.75) is 51.6 Å². The largest absolute Gasteiger partial charge is 0.481 e. The number of hydrogen-bond donors (Lipinski definition) is 3. The first-order chi connectivity index (χ1) is 8.41. The van der Waals surface area contributed by atoms with Crippen molar-refractivity contribution in [1.29, 1.82) is 0 Å². The maximum atomic E-state index is 11.9. The lowest BCUT2D eigenvalue weighted by Gasteiger charge is -2.26. The van der Waals surface area contributed by atoms with E-state index >= 15 is 0 Å². The zero-order valence-corrected chi connectivity index (χ0v) is 11.1. The van der Waals surface area contributed by atoms with Crippen LogP contribution in [0.3, 0.4) is 0 Å². The van der Waals surface area contributed by atoms with Gasteiger partial charge >= 0.3 is 5.97 Å².